The third kappa shape index (κ3) is 10.4. The Balaban J connectivity index is 4.84. The zero-order valence-corrected chi connectivity index (χ0v) is 24.6. The highest BCUT2D eigenvalue weighted by atomic mass is 19.4. The number of rotatable bonds is 24. The number of esters is 1. The molecule has 0 amide bonds. The largest absolute Gasteiger partial charge is 0.459 e. The van der Waals surface area contributed by atoms with Gasteiger partial charge in [0.15, 0.2) is 6.61 Å². The van der Waals surface area contributed by atoms with Crippen LogP contribution in [0.5, 0.6) is 0 Å². The van der Waals surface area contributed by atoms with Crippen molar-refractivity contribution in [2.24, 2.45) is 5.92 Å². The number of carbonyl (C=O) groups is 1. The molecule has 45 heavy (non-hydrogen) atoms. The summed E-state index contributed by atoms with van der Waals surface area (Å²) >= 11 is 0. The van der Waals surface area contributed by atoms with E-state index in [-0.39, 0.29) is 6.42 Å². The number of halogens is 16. The third-order valence-corrected chi connectivity index (χ3v) is 7.06. The molecular formula is C27H38F16O2. The minimum atomic E-state index is -8.47. The van der Waals surface area contributed by atoms with Crippen molar-refractivity contribution in [3.05, 3.63) is 0 Å². The van der Waals surface area contributed by atoms with E-state index in [1.807, 2.05) is 0 Å². The van der Waals surface area contributed by atoms with Crippen LogP contribution in [-0.2, 0) is 9.53 Å². The van der Waals surface area contributed by atoms with Gasteiger partial charge in [-0.15, -0.1) is 0 Å². The molecule has 0 aromatic carbocycles. The van der Waals surface area contributed by atoms with Crippen molar-refractivity contribution in [3.8, 4) is 0 Å². The second-order valence-corrected chi connectivity index (χ2v) is 11.3. The first-order valence-corrected chi connectivity index (χ1v) is 14.3. The van der Waals surface area contributed by atoms with E-state index >= 15 is 0 Å². The number of unbranched alkanes of at least 4 members (excludes halogenated alkanes) is 11. The number of alkyl halides is 16. The highest BCUT2D eigenvalue weighted by Crippen LogP contribution is 2.62. The van der Waals surface area contributed by atoms with E-state index in [0.29, 0.717) is 18.8 Å². The number of hydrogen-bond donors (Lipinski definition) is 0. The Morgan fingerprint density at radius 2 is 0.844 bits per heavy atom. The van der Waals surface area contributed by atoms with Gasteiger partial charge in [-0.3, -0.25) is 4.79 Å². The Bertz CT molecular complexity index is 875. The van der Waals surface area contributed by atoms with Gasteiger partial charge >= 0.3 is 53.9 Å². The van der Waals surface area contributed by atoms with E-state index in [0.717, 1.165) is 44.9 Å². The average molecular weight is 699 g/mol. The Morgan fingerprint density at radius 3 is 1.22 bits per heavy atom. The van der Waals surface area contributed by atoms with Crippen molar-refractivity contribution in [2.45, 2.75) is 152 Å². The first kappa shape index (κ1) is 43.4. The van der Waals surface area contributed by atoms with E-state index in [1.165, 1.54) is 19.3 Å². The summed E-state index contributed by atoms with van der Waals surface area (Å²) in [4.78, 5) is 11.6. The van der Waals surface area contributed by atoms with Gasteiger partial charge in [0, 0.05) is 6.42 Å². The number of ether oxygens (including phenoxy) is 1. The summed E-state index contributed by atoms with van der Waals surface area (Å²) in [6.07, 6.45) is 4.62. The molecule has 270 valence electrons. The number of carbonyl (C=O) groups excluding carboxylic acids is 1. The highest BCUT2D eigenvalue weighted by Gasteiger charge is 2.93. The van der Waals surface area contributed by atoms with Gasteiger partial charge in [-0.1, -0.05) is 90.9 Å². The van der Waals surface area contributed by atoms with Gasteiger partial charge in [0.1, 0.15) is 0 Å². The molecule has 0 saturated carbocycles. The second kappa shape index (κ2) is 17.0. The van der Waals surface area contributed by atoms with Crippen molar-refractivity contribution in [3.63, 3.8) is 0 Å². The fraction of sp³-hybridized carbons (Fsp3) is 0.963. The minimum absolute atomic E-state index is 0.0644. The lowest BCUT2D eigenvalue weighted by molar-refractivity contribution is -0.447. The smallest absolute Gasteiger partial charge is 0.385 e. The maximum Gasteiger partial charge on any atom is 0.385 e. The second-order valence-electron chi connectivity index (χ2n) is 11.3. The molecule has 0 bridgehead atoms. The van der Waals surface area contributed by atoms with Crippen molar-refractivity contribution < 1.29 is 79.8 Å². The Kier molecular flexibility index (Phi) is 16.3. The van der Waals surface area contributed by atoms with Gasteiger partial charge in [0.05, 0.1) is 0 Å². The van der Waals surface area contributed by atoms with Crippen LogP contribution in [0, 0.1) is 5.92 Å². The van der Waals surface area contributed by atoms with Gasteiger partial charge < -0.3 is 4.74 Å². The van der Waals surface area contributed by atoms with Crippen molar-refractivity contribution in [1.82, 2.24) is 0 Å². The van der Waals surface area contributed by atoms with E-state index < -0.39 is 66.9 Å². The standard InChI is InChI=1S/C27H38F16O2/c1-18(2)15-13-11-9-7-5-3-4-6-8-10-12-14-16-19(44)45-17-21(30,31)23(34,35)25(38,39)27(42,43)26(40,41)24(36,37)22(32,33)20(28)29/h18,20H,3-17H2,1-2H3. The lowest BCUT2D eigenvalue weighted by atomic mass is 9.89. The molecule has 0 atom stereocenters. The fourth-order valence-electron chi connectivity index (χ4n) is 4.09. The zero-order chi connectivity index (χ0) is 35.5. The van der Waals surface area contributed by atoms with Gasteiger partial charge in [-0.2, -0.15) is 61.5 Å². The van der Waals surface area contributed by atoms with E-state index in [1.54, 1.807) is 0 Å². The van der Waals surface area contributed by atoms with Crippen molar-refractivity contribution in [1.29, 1.82) is 0 Å². The Hall–Kier alpha value is -1.65. The Morgan fingerprint density at radius 1 is 0.511 bits per heavy atom. The summed E-state index contributed by atoms with van der Waals surface area (Å²) in [7, 11) is 0. The van der Waals surface area contributed by atoms with Gasteiger partial charge in [0.2, 0.25) is 0 Å². The normalized spacial score (nSPS) is 14.5. The molecule has 2 nitrogen and oxygen atoms in total. The summed E-state index contributed by atoms with van der Waals surface area (Å²) in [6.45, 7) is 1.20. The fourth-order valence-corrected chi connectivity index (χ4v) is 4.09. The highest BCUT2D eigenvalue weighted by molar-refractivity contribution is 5.69. The van der Waals surface area contributed by atoms with Gasteiger partial charge in [0.25, 0.3) is 0 Å². The van der Waals surface area contributed by atoms with Crippen LogP contribution in [0.2, 0.25) is 0 Å². The topological polar surface area (TPSA) is 26.3 Å². The lowest BCUT2D eigenvalue weighted by Gasteiger charge is -2.42. The molecule has 0 aliphatic rings. The summed E-state index contributed by atoms with van der Waals surface area (Å²) in [5.74, 6) is -56.2. The van der Waals surface area contributed by atoms with Crippen LogP contribution in [0.3, 0.4) is 0 Å². The third-order valence-electron chi connectivity index (χ3n) is 7.06. The van der Waals surface area contributed by atoms with E-state index in [9.17, 15) is 75.0 Å². The molecule has 0 unspecified atom stereocenters. The molecular weight excluding hydrogens is 660 g/mol. The molecule has 0 aromatic rings. The number of hydrogen-bond acceptors (Lipinski definition) is 2. The first-order valence-electron chi connectivity index (χ1n) is 14.3. The lowest BCUT2D eigenvalue weighted by Crippen LogP contribution is -2.74. The van der Waals surface area contributed by atoms with Crippen LogP contribution < -0.4 is 0 Å². The molecule has 0 N–H and O–H groups in total. The first-order chi connectivity index (χ1) is 20.3. The van der Waals surface area contributed by atoms with Gasteiger partial charge in [-0.25, -0.2) is 8.78 Å². The Labute approximate surface area is 250 Å². The van der Waals surface area contributed by atoms with Crippen LogP contribution in [0.25, 0.3) is 0 Å². The van der Waals surface area contributed by atoms with Crippen molar-refractivity contribution >= 4 is 5.97 Å². The van der Waals surface area contributed by atoms with Crippen LogP contribution in [-0.4, -0.2) is 60.5 Å². The maximum atomic E-state index is 13.8. The molecule has 0 spiro atoms. The average Bonchev–Trinajstić information content (AvgIpc) is 2.91. The SMILES string of the molecule is CC(C)CCCCCCCCCCCCCCC(=O)OCC(F)(F)C(F)(F)C(F)(F)C(F)(F)C(F)(F)C(F)(F)C(F)(F)C(F)F. The maximum absolute atomic E-state index is 13.8. The summed E-state index contributed by atoms with van der Waals surface area (Å²) in [6, 6.07) is 0. The predicted octanol–water partition coefficient (Wildman–Crippen LogP) is 11.4. The molecule has 18 heteroatoms. The van der Waals surface area contributed by atoms with Crippen LogP contribution >= 0.6 is 0 Å². The summed E-state index contributed by atoms with van der Waals surface area (Å²) in [5.41, 5.74) is 0. The van der Waals surface area contributed by atoms with E-state index in [4.69, 9.17) is 0 Å². The molecule has 0 fully saturated rings. The van der Waals surface area contributed by atoms with Crippen LogP contribution in [0.15, 0.2) is 0 Å². The predicted molar refractivity (Wildman–Crippen MR) is 131 cm³/mol. The summed E-state index contributed by atoms with van der Waals surface area (Å²) in [5, 5.41) is 0. The molecule has 0 aliphatic carbocycles. The quantitative estimate of drug-likeness (QED) is 0.0570. The molecule has 0 rings (SSSR count). The molecule has 0 radical (unpaired) electrons. The monoisotopic (exact) mass is 698 g/mol. The van der Waals surface area contributed by atoms with Crippen LogP contribution in [0.4, 0.5) is 70.2 Å². The molecule has 0 aromatic heterocycles. The molecule has 0 heterocycles. The minimum Gasteiger partial charge on any atom is -0.459 e. The van der Waals surface area contributed by atoms with E-state index in [2.05, 4.69) is 18.6 Å². The molecule has 0 aliphatic heterocycles. The van der Waals surface area contributed by atoms with Crippen LogP contribution in [0.1, 0.15) is 104 Å². The van der Waals surface area contributed by atoms with Gasteiger partial charge in [-0.05, 0) is 12.3 Å². The zero-order valence-electron chi connectivity index (χ0n) is 24.6. The summed E-state index contributed by atoms with van der Waals surface area (Å²) < 4.78 is 217. The molecule has 0 saturated heterocycles. The van der Waals surface area contributed by atoms with Crippen molar-refractivity contribution in [2.75, 3.05) is 6.61 Å².